The summed E-state index contributed by atoms with van der Waals surface area (Å²) in [4.78, 5) is 15.7. The Morgan fingerprint density at radius 1 is 1.11 bits per heavy atom. The van der Waals surface area contributed by atoms with Gasteiger partial charge in [-0.3, -0.25) is 9.52 Å². The second-order valence-electron chi connectivity index (χ2n) is 10.8. The minimum absolute atomic E-state index is 0.0766. The summed E-state index contributed by atoms with van der Waals surface area (Å²) in [5.41, 5.74) is 9.06. The number of benzene rings is 1. The largest absolute Gasteiger partial charge is 0.489 e. The molecule has 4 N–H and O–H groups in total. The van der Waals surface area contributed by atoms with Crippen molar-refractivity contribution in [3.8, 4) is 16.9 Å². The minimum Gasteiger partial charge on any atom is -0.489 e. The molecule has 1 aromatic carbocycles. The molecule has 0 aliphatic heterocycles. The lowest BCUT2D eigenvalue weighted by molar-refractivity contribution is -0.0618. The fraction of sp³-hybridized carbons (Fsp3) is 0.500. The van der Waals surface area contributed by atoms with Crippen LogP contribution in [0.2, 0.25) is 0 Å². The molecule has 3 saturated carbocycles. The number of hydrogen-bond donors (Lipinski definition) is 3. The third-order valence-corrected chi connectivity index (χ3v) is 9.10. The molecule has 3 aliphatic rings. The van der Waals surface area contributed by atoms with E-state index in [-0.39, 0.29) is 17.7 Å². The molecule has 0 spiro atoms. The fourth-order valence-corrected chi connectivity index (χ4v) is 7.58. The van der Waals surface area contributed by atoms with Gasteiger partial charge in [-0.25, -0.2) is 8.42 Å². The first-order valence-corrected chi connectivity index (χ1v) is 14.3. The summed E-state index contributed by atoms with van der Waals surface area (Å²) in [5.74, 6) is 2.95. The number of rotatable bonds is 5. The highest BCUT2D eigenvalue weighted by atomic mass is 32.2. The van der Waals surface area contributed by atoms with Crippen LogP contribution in [0.3, 0.4) is 0 Å². The maximum Gasteiger partial charge on any atom is 0.274 e. The lowest BCUT2D eigenvalue weighted by atomic mass is 9.54. The van der Waals surface area contributed by atoms with E-state index in [0.29, 0.717) is 40.6 Å². The number of aromatic amines is 1. The number of fused-ring (bicyclic) bond motifs is 3. The van der Waals surface area contributed by atoms with Crippen LogP contribution in [-0.4, -0.2) is 36.4 Å². The number of nitrogens with zero attached hydrogens (tertiary/aromatic N) is 1. The smallest absolute Gasteiger partial charge is 0.274 e. The number of aromatic nitrogens is 2. The highest BCUT2D eigenvalue weighted by Crippen LogP contribution is 2.53. The molecule has 9 heteroatoms. The van der Waals surface area contributed by atoms with E-state index in [1.807, 2.05) is 12.1 Å². The average Bonchev–Trinajstić information content (AvgIpc) is 3.26. The van der Waals surface area contributed by atoms with Crippen molar-refractivity contribution in [2.45, 2.75) is 44.2 Å². The molecule has 3 fully saturated rings. The van der Waals surface area contributed by atoms with Gasteiger partial charge in [-0.1, -0.05) is 0 Å². The molecule has 0 saturated heterocycles. The van der Waals surface area contributed by atoms with Gasteiger partial charge >= 0.3 is 0 Å². The van der Waals surface area contributed by atoms with Crippen molar-refractivity contribution in [3.05, 3.63) is 47.0 Å². The van der Waals surface area contributed by atoms with Crippen molar-refractivity contribution in [2.75, 3.05) is 11.0 Å². The zero-order valence-electron chi connectivity index (χ0n) is 20.0. The van der Waals surface area contributed by atoms with E-state index >= 15 is 0 Å². The topological polar surface area (TPSA) is 119 Å². The number of hydrogen-bond acceptors (Lipinski definition) is 5. The molecule has 3 bridgehead atoms. The number of H-pyrrole nitrogens is 1. The van der Waals surface area contributed by atoms with Crippen LogP contribution in [0.25, 0.3) is 22.0 Å². The zero-order chi connectivity index (χ0) is 24.5. The van der Waals surface area contributed by atoms with Crippen molar-refractivity contribution in [1.82, 2.24) is 9.55 Å². The molecule has 2 heterocycles. The van der Waals surface area contributed by atoms with E-state index in [4.69, 9.17) is 10.5 Å². The van der Waals surface area contributed by atoms with Crippen LogP contribution in [0.1, 0.15) is 32.1 Å². The van der Waals surface area contributed by atoms with Gasteiger partial charge in [0.15, 0.2) is 0 Å². The Morgan fingerprint density at radius 3 is 2.74 bits per heavy atom. The number of nitrogens with two attached hydrogens (primary N) is 1. The minimum atomic E-state index is -3.45. The highest BCUT2D eigenvalue weighted by Gasteiger charge is 2.50. The number of anilines is 1. The zero-order valence-corrected chi connectivity index (χ0v) is 20.8. The van der Waals surface area contributed by atoms with E-state index in [1.54, 1.807) is 36.1 Å². The van der Waals surface area contributed by atoms with Gasteiger partial charge in [0.05, 0.1) is 6.26 Å². The van der Waals surface area contributed by atoms with Crippen molar-refractivity contribution < 1.29 is 13.2 Å². The first-order chi connectivity index (χ1) is 16.7. The van der Waals surface area contributed by atoms with E-state index < -0.39 is 10.0 Å². The molecule has 6 atom stereocenters. The SMILES string of the molecule is Cn1cc(-c2cc(NS(C)(=O)=O)ccc2OC2CC3CC4CCC2C(C3)C4N)c2cc[nH]c2c1=O. The van der Waals surface area contributed by atoms with Gasteiger partial charge in [-0.05, 0) is 74.1 Å². The number of sulfonamides is 1. The molecular weight excluding hydrogens is 464 g/mol. The number of aryl methyl sites for hydroxylation is 1. The highest BCUT2D eigenvalue weighted by molar-refractivity contribution is 7.92. The molecule has 3 aromatic rings. The van der Waals surface area contributed by atoms with Crippen molar-refractivity contribution in [2.24, 2.45) is 36.5 Å². The van der Waals surface area contributed by atoms with Gasteiger partial charge in [-0.2, -0.15) is 0 Å². The van der Waals surface area contributed by atoms with Crippen molar-refractivity contribution in [1.29, 1.82) is 0 Å². The van der Waals surface area contributed by atoms with Gasteiger partial charge in [0, 0.05) is 53.6 Å². The molecule has 2 aromatic heterocycles. The Morgan fingerprint density at radius 2 is 1.94 bits per heavy atom. The van der Waals surface area contributed by atoms with Crippen LogP contribution in [0.4, 0.5) is 5.69 Å². The van der Waals surface area contributed by atoms with Crippen LogP contribution in [0.15, 0.2) is 41.5 Å². The molecule has 186 valence electrons. The van der Waals surface area contributed by atoms with E-state index in [1.165, 1.54) is 19.3 Å². The summed E-state index contributed by atoms with van der Waals surface area (Å²) in [5, 5.41) is 0.775. The summed E-state index contributed by atoms with van der Waals surface area (Å²) in [6.45, 7) is 0. The molecular formula is C26H32N4O4S. The van der Waals surface area contributed by atoms with Crippen molar-refractivity contribution in [3.63, 3.8) is 0 Å². The van der Waals surface area contributed by atoms with Gasteiger partial charge in [0.25, 0.3) is 5.56 Å². The number of pyridine rings is 1. The van der Waals surface area contributed by atoms with Gasteiger partial charge in [0.1, 0.15) is 17.4 Å². The third kappa shape index (κ3) is 3.94. The summed E-state index contributed by atoms with van der Waals surface area (Å²) in [6, 6.07) is 7.53. The predicted molar refractivity (Wildman–Crippen MR) is 137 cm³/mol. The average molecular weight is 497 g/mol. The summed E-state index contributed by atoms with van der Waals surface area (Å²) in [7, 11) is -1.74. The lowest BCUT2D eigenvalue weighted by Gasteiger charge is -2.54. The van der Waals surface area contributed by atoms with E-state index in [9.17, 15) is 13.2 Å². The van der Waals surface area contributed by atoms with E-state index in [2.05, 4.69) is 9.71 Å². The fourth-order valence-electron chi connectivity index (χ4n) is 7.02. The molecule has 6 unspecified atom stereocenters. The maximum absolute atomic E-state index is 12.7. The van der Waals surface area contributed by atoms with E-state index in [0.717, 1.165) is 35.6 Å². The quantitative estimate of drug-likeness (QED) is 0.500. The molecule has 3 aliphatic carbocycles. The van der Waals surface area contributed by atoms with Gasteiger partial charge in [-0.15, -0.1) is 0 Å². The van der Waals surface area contributed by atoms with Crippen LogP contribution in [0.5, 0.6) is 5.75 Å². The van der Waals surface area contributed by atoms with Gasteiger partial charge < -0.3 is 20.0 Å². The first-order valence-electron chi connectivity index (χ1n) is 12.4. The maximum atomic E-state index is 12.7. The van der Waals surface area contributed by atoms with Crippen LogP contribution in [-0.2, 0) is 17.1 Å². The van der Waals surface area contributed by atoms with Crippen LogP contribution < -0.4 is 20.8 Å². The summed E-state index contributed by atoms with van der Waals surface area (Å²) in [6.07, 6.45) is 10.5. The normalized spacial score (nSPS) is 29.9. The summed E-state index contributed by atoms with van der Waals surface area (Å²) < 4.78 is 34.8. The predicted octanol–water partition coefficient (Wildman–Crippen LogP) is 3.44. The molecule has 0 amide bonds. The Bertz CT molecular complexity index is 1460. The Hall–Kier alpha value is -2.78. The Labute approximate surface area is 204 Å². The second kappa shape index (κ2) is 8.13. The number of ether oxygens (including phenoxy) is 1. The molecule has 35 heavy (non-hydrogen) atoms. The van der Waals surface area contributed by atoms with Crippen LogP contribution in [0, 0.1) is 23.7 Å². The standard InChI is InChI=1S/C26H32N4O4S/c1-30-13-21(18-7-8-28-25(18)26(30)31)19-12-16(29-35(2,32)33)4-6-22(19)34-23-11-14-9-15-3-5-17(23)20(10-14)24(15)27/h4,6-8,12-15,17,20,23-24,28-29H,3,5,9-11,27H2,1-2H3. The lowest BCUT2D eigenvalue weighted by Crippen LogP contribution is -2.57. The second-order valence-corrected chi connectivity index (χ2v) is 12.5. The molecule has 8 nitrogen and oxygen atoms in total. The molecule has 6 rings (SSSR count). The first kappa shape index (κ1) is 22.7. The van der Waals surface area contributed by atoms with Crippen molar-refractivity contribution >= 4 is 26.6 Å². The Balaban J connectivity index is 1.45. The summed E-state index contributed by atoms with van der Waals surface area (Å²) >= 11 is 0. The number of nitrogens with one attached hydrogen (secondary N) is 2. The Kier molecular flexibility index (Phi) is 5.27. The third-order valence-electron chi connectivity index (χ3n) is 8.49. The van der Waals surface area contributed by atoms with Crippen LogP contribution >= 0.6 is 0 Å². The molecule has 0 radical (unpaired) electrons. The monoisotopic (exact) mass is 496 g/mol. The van der Waals surface area contributed by atoms with Gasteiger partial charge in [0.2, 0.25) is 10.0 Å².